The van der Waals surface area contributed by atoms with Crippen LogP contribution in [0.2, 0.25) is 0 Å². The summed E-state index contributed by atoms with van der Waals surface area (Å²) in [7, 11) is 1.71. The van der Waals surface area contributed by atoms with Crippen molar-refractivity contribution in [2.45, 2.75) is 45.3 Å². The number of hydrogen-bond donors (Lipinski definition) is 1. The summed E-state index contributed by atoms with van der Waals surface area (Å²) in [5.41, 5.74) is 1.24. The zero-order valence-electron chi connectivity index (χ0n) is 12.1. The molecule has 2 rings (SSSR count). The molecule has 20 heavy (non-hydrogen) atoms. The molecule has 1 aliphatic rings. The van der Waals surface area contributed by atoms with Crippen molar-refractivity contribution in [2.24, 2.45) is 0 Å². The number of nitrogens with one attached hydrogen (secondary N) is 1. The highest BCUT2D eigenvalue weighted by molar-refractivity contribution is 14.1. The monoisotopic (exact) mass is 411 g/mol. The van der Waals surface area contributed by atoms with Gasteiger partial charge in [0.25, 0.3) is 0 Å². The molecular formula is C15H23ClINO2. The van der Waals surface area contributed by atoms with Gasteiger partial charge in [0.15, 0.2) is 11.5 Å². The number of hydrogen-bond acceptors (Lipinski definition) is 3. The van der Waals surface area contributed by atoms with Crippen LogP contribution in [0, 0.1) is 3.57 Å². The van der Waals surface area contributed by atoms with Gasteiger partial charge in [0.2, 0.25) is 0 Å². The van der Waals surface area contributed by atoms with E-state index < -0.39 is 0 Å². The number of halogens is 2. The predicted molar refractivity (Wildman–Crippen MR) is 93.2 cm³/mol. The Hall–Kier alpha value is -0.200. The second kappa shape index (κ2) is 8.95. The van der Waals surface area contributed by atoms with Gasteiger partial charge in [-0.25, -0.2) is 0 Å². The van der Waals surface area contributed by atoms with Gasteiger partial charge in [-0.05, 0) is 72.5 Å². The molecule has 3 nitrogen and oxygen atoms in total. The maximum absolute atomic E-state index is 6.13. The highest BCUT2D eigenvalue weighted by Crippen LogP contribution is 2.36. The quantitative estimate of drug-likeness (QED) is 0.713. The predicted octanol–water partition coefficient (Wildman–Crippen LogP) is 4.15. The maximum Gasteiger partial charge on any atom is 0.174 e. The smallest absolute Gasteiger partial charge is 0.174 e. The Bertz CT molecular complexity index is 423. The van der Waals surface area contributed by atoms with Gasteiger partial charge in [-0.2, -0.15) is 0 Å². The highest BCUT2D eigenvalue weighted by atomic mass is 127. The first-order valence-electron chi connectivity index (χ1n) is 6.98. The van der Waals surface area contributed by atoms with Gasteiger partial charge < -0.3 is 14.8 Å². The Kier molecular flexibility index (Phi) is 7.99. The Morgan fingerprint density at radius 2 is 2.00 bits per heavy atom. The number of benzene rings is 1. The fraction of sp³-hybridized carbons (Fsp3) is 0.600. The zero-order chi connectivity index (χ0) is 13.7. The molecule has 0 bridgehead atoms. The van der Waals surface area contributed by atoms with Gasteiger partial charge in [0.1, 0.15) is 0 Å². The second-order valence-corrected chi connectivity index (χ2v) is 6.08. The van der Waals surface area contributed by atoms with Crippen LogP contribution in [0.25, 0.3) is 0 Å². The average molecular weight is 412 g/mol. The highest BCUT2D eigenvalue weighted by Gasteiger charge is 2.20. The van der Waals surface area contributed by atoms with E-state index in [0.717, 1.165) is 28.2 Å². The molecule has 5 heteroatoms. The lowest BCUT2D eigenvalue weighted by Crippen LogP contribution is -2.14. The van der Waals surface area contributed by atoms with E-state index in [-0.39, 0.29) is 12.4 Å². The molecule has 0 saturated heterocycles. The molecule has 0 atom stereocenters. The molecule has 114 valence electrons. The average Bonchev–Trinajstić information content (AvgIpc) is 2.91. The van der Waals surface area contributed by atoms with Crippen LogP contribution in [-0.4, -0.2) is 19.8 Å². The van der Waals surface area contributed by atoms with Crippen LogP contribution < -0.4 is 14.8 Å². The van der Waals surface area contributed by atoms with E-state index >= 15 is 0 Å². The van der Waals surface area contributed by atoms with E-state index in [1.54, 1.807) is 7.11 Å². The molecule has 1 fully saturated rings. The summed E-state index contributed by atoms with van der Waals surface area (Å²) in [5.74, 6) is 1.77. The van der Waals surface area contributed by atoms with Crippen molar-refractivity contribution in [1.82, 2.24) is 5.32 Å². The summed E-state index contributed by atoms with van der Waals surface area (Å²) >= 11 is 2.34. The van der Waals surface area contributed by atoms with Gasteiger partial charge >= 0.3 is 0 Å². The Morgan fingerprint density at radius 3 is 2.60 bits per heavy atom. The van der Waals surface area contributed by atoms with Gasteiger partial charge in [-0.3, -0.25) is 0 Å². The van der Waals surface area contributed by atoms with Crippen molar-refractivity contribution >= 4 is 35.0 Å². The van der Waals surface area contributed by atoms with E-state index in [1.165, 1.54) is 31.2 Å². The third-order valence-corrected chi connectivity index (χ3v) is 4.26. The molecule has 1 aliphatic carbocycles. The summed E-state index contributed by atoms with van der Waals surface area (Å²) in [6, 6.07) is 4.26. The Morgan fingerprint density at radius 1 is 1.30 bits per heavy atom. The summed E-state index contributed by atoms with van der Waals surface area (Å²) in [5, 5.41) is 3.34. The number of rotatable bonds is 6. The van der Waals surface area contributed by atoms with Crippen LogP contribution in [0.4, 0.5) is 0 Å². The van der Waals surface area contributed by atoms with Crippen LogP contribution in [-0.2, 0) is 6.54 Å². The van der Waals surface area contributed by atoms with Gasteiger partial charge in [-0.15, -0.1) is 12.4 Å². The summed E-state index contributed by atoms with van der Waals surface area (Å²) < 4.78 is 12.8. The lowest BCUT2D eigenvalue weighted by Gasteiger charge is -2.18. The molecule has 0 radical (unpaired) electrons. The van der Waals surface area contributed by atoms with Gasteiger partial charge in [0.05, 0.1) is 16.8 Å². The molecule has 1 saturated carbocycles. The summed E-state index contributed by atoms with van der Waals surface area (Å²) in [6.45, 7) is 3.95. The fourth-order valence-corrected chi connectivity index (χ4v) is 3.22. The van der Waals surface area contributed by atoms with E-state index in [9.17, 15) is 0 Å². The van der Waals surface area contributed by atoms with E-state index in [0.29, 0.717) is 6.10 Å². The second-order valence-electron chi connectivity index (χ2n) is 4.91. The normalized spacial score (nSPS) is 14.9. The number of ether oxygens (including phenoxy) is 2. The molecule has 0 spiro atoms. The SMILES string of the molecule is CCNCc1cc(I)c(OC2CCCC2)c(OC)c1.Cl. The zero-order valence-corrected chi connectivity index (χ0v) is 15.1. The Labute approximate surface area is 141 Å². The lowest BCUT2D eigenvalue weighted by atomic mass is 10.2. The minimum Gasteiger partial charge on any atom is -0.493 e. The fourth-order valence-electron chi connectivity index (χ4n) is 2.43. The minimum absolute atomic E-state index is 0. The first-order valence-corrected chi connectivity index (χ1v) is 8.06. The van der Waals surface area contributed by atoms with Crippen molar-refractivity contribution in [2.75, 3.05) is 13.7 Å². The van der Waals surface area contributed by atoms with Crippen LogP contribution >= 0.6 is 35.0 Å². The molecule has 0 unspecified atom stereocenters. The van der Waals surface area contributed by atoms with Crippen LogP contribution in [0.1, 0.15) is 38.2 Å². The van der Waals surface area contributed by atoms with Crippen molar-refractivity contribution in [3.63, 3.8) is 0 Å². The van der Waals surface area contributed by atoms with Gasteiger partial charge in [0, 0.05) is 6.54 Å². The molecule has 1 aromatic carbocycles. The van der Waals surface area contributed by atoms with Crippen molar-refractivity contribution in [3.05, 3.63) is 21.3 Å². The summed E-state index contributed by atoms with van der Waals surface area (Å²) in [4.78, 5) is 0. The van der Waals surface area contributed by atoms with Gasteiger partial charge in [-0.1, -0.05) is 6.92 Å². The molecule has 1 aromatic rings. The van der Waals surface area contributed by atoms with E-state index in [4.69, 9.17) is 9.47 Å². The summed E-state index contributed by atoms with van der Waals surface area (Å²) in [6.07, 6.45) is 5.25. The third-order valence-electron chi connectivity index (χ3n) is 3.46. The molecule has 0 amide bonds. The minimum atomic E-state index is 0. The lowest BCUT2D eigenvalue weighted by molar-refractivity contribution is 0.199. The van der Waals surface area contributed by atoms with Crippen LogP contribution in [0.3, 0.4) is 0 Å². The van der Waals surface area contributed by atoms with Crippen LogP contribution in [0.15, 0.2) is 12.1 Å². The van der Waals surface area contributed by atoms with Crippen molar-refractivity contribution in [3.8, 4) is 11.5 Å². The van der Waals surface area contributed by atoms with Crippen LogP contribution in [0.5, 0.6) is 11.5 Å². The standard InChI is InChI=1S/C15H22INO2.ClH/c1-3-17-10-11-8-13(16)15(14(9-11)18-2)19-12-6-4-5-7-12;/h8-9,12,17H,3-7,10H2,1-2H3;1H. The maximum atomic E-state index is 6.13. The third kappa shape index (κ3) is 4.67. The van der Waals surface area contributed by atoms with E-state index in [1.807, 2.05) is 0 Å². The molecule has 1 N–H and O–H groups in total. The first-order chi connectivity index (χ1) is 9.24. The Balaban J connectivity index is 0.00000200. The topological polar surface area (TPSA) is 30.5 Å². The van der Waals surface area contributed by atoms with E-state index in [2.05, 4.69) is 47.0 Å². The van der Waals surface area contributed by atoms with Crippen molar-refractivity contribution in [1.29, 1.82) is 0 Å². The van der Waals surface area contributed by atoms with Crippen molar-refractivity contribution < 1.29 is 9.47 Å². The molecule has 0 aromatic heterocycles. The molecular weight excluding hydrogens is 389 g/mol. The molecule has 0 aliphatic heterocycles. The number of methoxy groups -OCH3 is 1. The largest absolute Gasteiger partial charge is 0.493 e. The first kappa shape index (κ1) is 17.9. The molecule has 0 heterocycles.